The average molecular weight is 283 g/mol. The molecule has 0 aliphatic heterocycles. The highest BCUT2D eigenvalue weighted by Crippen LogP contribution is 2.27. The van der Waals surface area contributed by atoms with Crippen LogP contribution in [0.1, 0.15) is 24.8 Å². The van der Waals surface area contributed by atoms with Crippen LogP contribution in [-0.4, -0.2) is 18.5 Å². The van der Waals surface area contributed by atoms with Crippen molar-refractivity contribution in [3.63, 3.8) is 0 Å². The minimum Gasteiger partial charge on any atom is -0.398 e. The van der Waals surface area contributed by atoms with E-state index in [0.29, 0.717) is 0 Å². The van der Waals surface area contributed by atoms with Gasteiger partial charge in [-0.05, 0) is 43.5 Å². The van der Waals surface area contributed by atoms with Crippen LogP contribution < -0.4 is 5.73 Å². The highest BCUT2D eigenvalue weighted by Gasteiger charge is 2.19. The van der Waals surface area contributed by atoms with E-state index in [1.807, 2.05) is 6.07 Å². The Morgan fingerprint density at radius 2 is 2.19 bits per heavy atom. The van der Waals surface area contributed by atoms with Crippen LogP contribution in [0.25, 0.3) is 0 Å². The third-order valence-electron chi connectivity index (χ3n) is 3.34. The molecule has 1 saturated carbocycles. The molecule has 0 atom stereocenters. The average Bonchev–Trinajstić information content (AvgIpc) is 2.16. The summed E-state index contributed by atoms with van der Waals surface area (Å²) < 4.78 is 1.05. The Labute approximate surface area is 106 Å². The zero-order valence-electron chi connectivity index (χ0n) is 9.75. The molecule has 0 radical (unpaired) electrons. The molecular weight excluding hydrogens is 264 g/mol. The first-order valence-corrected chi connectivity index (χ1v) is 6.67. The molecule has 0 amide bonds. The van der Waals surface area contributed by atoms with Gasteiger partial charge in [-0.3, -0.25) is 0 Å². The van der Waals surface area contributed by atoms with Gasteiger partial charge in [0.25, 0.3) is 0 Å². The highest BCUT2D eigenvalue weighted by atomic mass is 79.9. The van der Waals surface area contributed by atoms with Gasteiger partial charge in [-0.1, -0.05) is 28.4 Å². The maximum Gasteiger partial charge on any atom is 0.0371 e. The minimum absolute atomic E-state index is 0.884. The lowest BCUT2D eigenvalue weighted by molar-refractivity contribution is 0.200. The summed E-state index contributed by atoms with van der Waals surface area (Å²) >= 11 is 3.43. The Morgan fingerprint density at radius 1 is 1.44 bits per heavy atom. The van der Waals surface area contributed by atoms with Crippen molar-refractivity contribution in [2.24, 2.45) is 5.92 Å². The molecule has 1 fully saturated rings. The van der Waals surface area contributed by atoms with Crippen molar-refractivity contribution in [3.05, 3.63) is 28.2 Å². The van der Waals surface area contributed by atoms with Crippen molar-refractivity contribution in [3.8, 4) is 0 Å². The molecule has 0 bridgehead atoms. The fourth-order valence-corrected chi connectivity index (χ4v) is 2.56. The number of halogens is 1. The van der Waals surface area contributed by atoms with Crippen LogP contribution in [0.4, 0.5) is 5.69 Å². The van der Waals surface area contributed by atoms with Gasteiger partial charge in [-0.2, -0.15) is 0 Å². The van der Waals surface area contributed by atoms with E-state index in [4.69, 9.17) is 5.73 Å². The number of nitrogen functional groups attached to an aromatic ring is 1. The second kappa shape index (κ2) is 5.19. The molecule has 3 heteroatoms. The number of rotatable bonds is 4. The van der Waals surface area contributed by atoms with Crippen LogP contribution in [-0.2, 0) is 6.54 Å². The van der Waals surface area contributed by atoms with E-state index in [1.54, 1.807) is 0 Å². The summed E-state index contributed by atoms with van der Waals surface area (Å²) in [6.07, 6.45) is 4.22. The first-order valence-electron chi connectivity index (χ1n) is 5.87. The molecule has 1 aromatic carbocycles. The van der Waals surface area contributed by atoms with E-state index in [-0.39, 0.29) is 0 Å². The molecule has 1 aromatic rings. The zero-order valence-corrected chi connectivity index (χ0v) is 11.3. The van der Waals surface area contributed by atoms with E-state index in [9.17, 15) is 0 Å². The number of nitrogens with two attached hydrogens (primary N) is 1. The molecule has 0 saturated heterocycles. The summed E-state index contributed by atoms with van der Waals surface area (Å²) in [7, 11) is 2.18. The van der Waals surface area contributed by atoms with Crippen molar-refractivity contribution < 1.29 is 0 Å². The predicted octanol–water partition coefficient (Wildman–Crippen LogP) is 3.26. The smallest absolute Gasteiger partial charge is 0.0371 e. The van der Waals surface area contributed by atoms with Crippen molar-refractivity contribution in [1.29, 1.82) is 0 Å². The zero-order chi connectivity index (χ0) is 11.5. The molecule has 2 rings (SSSR count). The Kier molecular flexibility index (Phi) is 3.87. The molecule has 0 heterocycles. The van der Waals surface area contributed by atoms with Crippen molar-refractivity contribution in [1.82, 2.24) is 4.90 Å². The van der Waals surface area contributed by atoms with Gasteiger partial charge in [0.1, 0.15) is 0 Å². The SMILES string of the molecule is CN(Cc1ccc(Br)cc1N)CC1CCC1. The van der Waals surface area contributed by atoms with E-state index in [1.165, 1.54) is 31.4 Å². The van der Waals surface area contributed by atoms with Gasteiger partial charge in [-0.25, -0.2) is 0 Å². The quantitative estimate of drug-likeness (QED) is 0.859. The number of hydrogen-bond donors (Lipinski definition) is 1. The Hall–Kier alpha value is -0.540. The standard InChI is InChI=1S/C13H19BrN2/c1-16(8-10-3-2-4-10)9-11-5-6-12(14)7-13(11)15/h5-7,10H,2-4,8-9,15H2,1H3. The summed E-state index contributed by atoms with van der Waals surface area (Å²) in [5, 5.41) is 0. The Morgan fingerprint density at radius 3 is 2.75 bits per heavy atom. The first-order chi connectivity index (χ1) is 7.65. The van der Waals surface area contributed by atoms with Crippen LogP contribution in [0.2, 0.25) is 0 Å². The van der Waals surface area contributed by atoms with Gasteiger partial charge in [0, 0.05) is 23.2 Å². The van der Waals surface area contributed by atoms with E-state index < -0.39 is 0 Å². The van der Waals surface area contributed by atoms with Crippen LogP contribution in [0, 0.1) is 5.92 Å². The number of anilines is 1. The maximum atomic E-state index is 5.99. The van der Waals surface area contributed by atoms with Crippen LogP contribution in [0.15, 0.2) is 22.7 Å². The number of nitrogens with zero attached hydrogens (tertiary/aromatic N) is 1. The van der Waals surface area contributed by atoms with Crippen molar-refractivity contribution >= 4 is 21.6 Å². The lowest BCUT2D eigenvalue weighted by Gasteiger charge is -2.30. The molecule has 1 aliphatic rings. The topological polar surface area (TPSA) is 29.3 Å². The first kappa shape index (κ1) is 11.9. The molecule has 16 heavy (non-hydrogen) atoms. The minimum atomic E-state index is 0.884. The third kappa shape index (κ3) is 2.98. The normalized spacial score (nSPS) is 16.4. The molecule has 1 aliphatic carbocycles. The lowest BCUT2D eigenvalue weighted by atomic mass is 9.85. The maximum absolute atomic E-state index is 5.99. The summed E-state index contributed by atoms with van der Waals surface area (Å²) in [6, 6.07) is 6.14. The summed E-state index contributed by atoms with van der Waals surface area (Å²) in [5.74, 6) is 0.918. The van der Waals surface area contributed by atoms with E-state index >= 15 is 0 Å². The van der Waals surface area contributed by atoms with Crippen LogP contribution in [0.3, 0.4) is 0 Å². The summed E-state index contributed by atoms with van der Waals surface area (Å²) in [4.78, 5) is 2.38. The number of hydrogen-bond acceptors (Lipinski definition) is 2. The second-order valence-corrected chi connectivity index (χ2v) is 5.75. The van der Waals surface area contributed by atoms with Gasteiger partial charge < -0.3 is 10.6 Å². The Balaban J connectivity index is 1.91. The largest absolute Gasteiger partial charge is 0.398 e. The lowest BCUT2D eigenvalue weighted by Crippen LogP contribution is -2.29. The molecular formula is C13H19BrN2. The Bertz CT molecular complexity index is 361. The molecule has 2 nitrogen and oxygen atoms in total. The van der Waals surface area contributed by atoms with Gasteiger partial charge in [0.05, 0.1) is 0 Å². The second-order valence-electron chi connectivity index (χ2n) is 4.84. The molecule has 0 aromatic heterocycles. The van der Waals surface area contributed by atoms with Crippen LogP contribution in [0.5, 0.6) is 0 Å². The number of benzene rings is 1. The molecule has 0 spiro atoms. The van der Waals surface area contributed by atoms with Gasteiger partial charge >= 0.3 is 0 Å². The van der Waals surface area contributed by atoms with Gasteiger partial charge in [0.15, 0.2) is 0 Å². The van der Waals surface area contributed by atoms with Crippen LogP contribution >= 0.6 is 15.9 Å². The van der Waals surface area contributed by atoms with E-state index in [0.717, 1.165) is 22.6 Å². The molecule has 88 valence electrons. The van der Waals surface area contributed by atoms with Gasteiger partial charge in [0.2, 0.25) is 0 Å². The summed E-state index contributed by atoms with van der Waals surface area (Å²) in [5.41, 5.74) is 8.10. The molecule has 2 N–H and O–H groups in total. The predicted molar refractivity (Wildman–Crippen MR) is 72.2 cm³/mol. The fourth-order valence-electron chi connectivity index (χ4n) is 2.18. The molecule has 0 unspecified atom stereocenters. The fraction of sp³-hybridized carbons (Fsp3) is 0.538. The highest BCUT2D eigenvalue weighted by molar-refractivity contribution is 9.10. The van der Waals surface area contributed by atoms with Crippen molar-refractivity contribution in [2.45, 2.75) is 25.8 Å². The summed E-state index contributed by atoms with van der Waals surface area (Å²) in [6.45, 7) is 2.16. The van der Waals surface area contributed by atoms with Crippen molar-refractivity contribution in [2.75, 3.05) is 19.3 Å². The van der Waals surface area contributed by atoms with E-state index in [2.05, 4.69) is 40.0 Å². The van der Waals surface area contributed by atoms with Gasteiger partial charge in [-0.15, -0.1) is 0 Å². The monoisotopic (exact) mass is 282 g/mol. The third-order valence-corrected chi connectivity index (χ3v) is 3.84.